The van der Waals surface area contributed by atoms with Gasteiger partial charge in [-0.3, -0.25) is 4.79 Å². The molecule has 1 aliphatic rings. The molecule has 9 heteroatoms. The summed E-state index contributed by atoms with van der Waals surface area (Å²) in [6.07, 6.45) is 1.27. The van der Waals surface area contributed by atoms with Crippen LogP contribution in [0, 0.1) is 5.92 Å². The molecule has 7 nitrogen and oxygen atoms in total. The minimum absolute atomic E-state index is 0.160. The van der Waals surface area contributed by atoms with Gasteiger partial charge in [0.2, 0.25) is 21.1 Å². The number of rotatable bonds is 5. The van der Waals surface area contributed by atoms with Crippen LogP contribution in [-0.2, 0) is 14.8 Å². The first-order valence-corrected chi connectivity index (χ1v) is 11.5. The van der Waals surface area contributed by atoms with E-state index in [-0.39, 0.29) is 17.3 Å². The lowest BCUT2D eigenvalue weighted by Crippen LogP contribution is -2.43. The summed E-state index contributed by atoms with van der Waals surface area (Å²) in [6, 6.07) is 17.9. The average molecular weight is 429 g/mol. The molecule has 1 atom stereocenters. The zero-order valence-corrected chi connectivity index (χ0v) is 17.2. The Morgan fingerprint density at radius 3 is 2.45 bits per heavy atom. The number of piperidine rings is 1. The highest BCUT2D eigenvalue weighted by molar-refractivity contribution is 7.89. The summed E-state index contributed by atoms with van der Waals surface area (Å²) in [6.45, 7) is 0.575. The lowest BCUT2D eigenvalue weighted by molar-refractivity contribution is -0.120. The van der Waals surface area contributed by atoms with Crippen molar-refractivity contribution in [2.45, 2.75) is 17.7 Å². The van der Waals surface area contributed by atoms with Gasteiger partial charge in [0.15, 0.2) is 0 Å². The SMILES string of the molecule is O=C(Nc1nnc(-c2ccccc2)s1)[C@H]1CCCN(S(=O)(=O)c2ccccc2)C1. The van der Waals surface area contributed by atoms with Crippen LogP contribution in [-0.4, -0.2) is 41.9 Å². The van der Waals surface area contributed by atoms with Crippen molar-refractivity contribution < 1.29 is 13.2 Å². The minimum Gasteiger partial charge on any atom is -0.300 e. The predicted octanol–water partition coefficient (Wildman–Crippen LogP) is 3.24. The Hall–Kier alpha value is -2.62. The number of carbonyl (C=O) groups is 1. The maximum Gasteiger partial charge on any atom is 0.243 e. The fraction of sp³-hybridized carbons (Fsp3) is 0.250. The molecule has 1 fully saturated rings. The molecule has 0 radical (unpaired) electrons. The number of anilines is 1. The van der Waals surface area contributed by atoms with E-state index in [1.165, 1.54) is 15.6 Å². The van der Waals surface area contributed by atoms with Gasteiger partial charge in [0.1, 0.15) is 5.01 Å². The monoisotopic (exact) mass is 428 g/mol. The smallest absolute Gasteiger partial charge is 0.243 e. The molecule has 2 aromatic carbocycles. The third-order valence-electron chi connectivity index (χ3n) is 4.81. The molecule has 1 aliphatic heterocycles. The Kier molecular flexibility index (Phi) is 5.70. The lowest BCUT2D eigenvalue weighted by Gasteiger charge is -2.31. The Labute approximate surface area is 173 Å². The molecule has 150 valence electrons. The van der Waals surface area contributed by atoms with E-state index in [0.717, 1.165) is 10.6 Å². The average Bonchev–Trinajstić information content (AvgIpc) is 3.23. The highest BCUT2D eigenvalue weighted by Gasteiger charge is 2.33. The largest absolute Gasteiger partial charge is 0.300 e. The molecule has 1 saturated heterocycles. The van der Waals surface area contributed by atoms with Crippen LogP contribution in [0.15, 0.2) is 65.6 Å². The van der Waals surface area contributed by atoms with E-state index >= 15 is 0 Å². The third kappa shape index (κ3) is 4.36. The molecule has 4 rings (SSSR count). The van der Waals surface area contributed by atoms with Gasteiger partial charge in [0.25, 0.3) is 0 Å². The van der Waals surface area contributed by atoms with Crippen LogP contribution in [0.5, 0.6) is 0 Å². The van der Waals surface area contributed by atoms with Crippen molar-refractivity contribution in [3.8, 4) is 10.6 Å². The number of carbonyl (C=O) groups excluding carboxylic acids is 1. The summed E-state index contributed by atoms with van der Waals surface area (Å²) in [4.78, 5) is 13.0. The molecule has 2 heterocycles. The van der Waals surface area contributed by atoms with Gasteiger partial charge >= 0.3 is 0 Å². The highest BCUT2D eigenvalue weighted by atomic mass is 32.2. The summed E-state index contributed by atoms with van der Waals surface area (Å²) in [5.41, 5.74) is 0.934. The standard InChI is InChI=1S/C20H20N4O3S2/c25-18(21-20-23-22-19(28-20)15-8-3-1-4-9-15)16-10-7-13-24(14-16)29(26,27)17-11-5-2-6-12-17/h1-6,8-9,11-12,16H,7,10,13-14H2,(H,21,23,25)/t16-/m0/s1. The van der Waals surface area contributed by atoms with Crippen LogP contribution < -0.4 is 5.32 Å². The van der Waals surface area contributed by atoms with Crippen LogP contribution >= 0.6 is 11.3 Å². The predicted molar refractivity (Wildman–Crippen MR) is 112 cm³/mol. The molecule has 0 saturated carbocycles. The van der Waals surface area contributed by atoms with Crippen LogP contribution in [0.1, 0.15) is 12.8 Å². The maximum atomic E-state index is 12.8. The van der Waals surface area contributed by atoms with E-state index in [2.05, 4.69) is 15.5 Å². The fourth-order valence-electron chi connectivity index (χ4n) is 3.29. The number of nitrogens with zero attached hydrogens (tertiary/aromatic N) is 3. The summed E-state index contributed by atoms with van der Waals surface area (Å²) >= 11 is 1.30. The van der Waals surface area contributed by atoms with Crippen molar-refractivity contribution in [1.82, 2.24) is 14.5 Å². The Morgan fingerprint density at radius 1 is 1.03 bits per heavy atom. The molecule has 1 aromatic heterocycles. The first kappa shape index (κ1) is 19.7. The molecular formula is C20H20N4O3S2. The van der Waals surface area contributed by atoms with Gasteiger partial charge in [-0.15, -0.1) is 10.2 Å². The van der Waals surface area contributed by atoms with E-state index < -0.39 is 15.9 Å². The molecule has 0 aliphatic carbocycles. The maximum absolute atomic E-state index is 12.8. The fourth-order valence-corrected chi connectivity index (χ4v) is 5.59. The topological polar surface area (TPSA) is 92.3 Å². The quantitative estimate of drug-likeness (QED) is 0.673. The van der Waals surface area contributed by atoms with Crippen molar-refractivity contribution in [2.24, 2.45) is 5.92 Å². The second-order valence-electron chi connectivity index (χ2n) is 6.78. The zero-order valence-electron chi connectivity index (χ0n) is 15.6. The van der Waals surface area contributed by atoms with Crippen molar-refractivity contribution in [3.05, 3.63) is 60.7 Å². The second kappa shape index (κ2) is 8.40. The first-order valence-electron chi connectivity index (χ1n) is 9.29. The number of hydrogen-bond acceptors (Lipinski definition) is 6. The zero-order chi connectivity index (χ0) is 20.3. The Balaban J connectivity index is 1.44. The van der Waals surface area contributed by atoms with Gasteiger partial charge in [-0.05, 0) is 25.0 Å². The third-order valence-corrected chi connectivity index (χ3v) is 7.58. The Morgan fingerprint density at radius 2 is 1.72 bits per heavy atom. The molecule has 3 aromatic rings. The van der Waals surface area contributed by atoms with Gasteiger partial charge in [-0.25, -0.2) is 8.42 Å². The van der Waals surface area contributed by atoms with Crippen molar-refractivity contribution in [1.29, 1.82) is 0 Å². The number of amides is 1. The summed E-state index contributed by atoms with van der Waals surface area (Å²) in [5.74, 6) is -0.653. The summed E-state index contributed by atoms with van der Waals surface area (Å²) < 4.78 is 27.1. The normalized spacial score (nSPS) is 17.7. The molecule has 0 spiro atoms. The van der Waals surface area contributed by atoms with Gasteiger partial charge in [-0.1, -0.05) is 59.9 Å². The van der Waals surface area contributed by atoms with Gasteiger partial charge < -0.3 is 5.32 Å². The lowest BCUT2D eigenvalue weighted by atomic mass is 9.99. The van der Waals surface area contributed by atoms with Gasteiger partial charge in [0.05, 0.1) is 10.8 Å². The second-order valence-corrected chi connectivity index (χ2v) is 9.70. The van der Waals surface area contributed by atoms with Crippen LogP contribution in [0.4, 0.5) is 5.13 Å². The summed E-state index contributed by atoms with van der Waals surface area (Å²) in [7, 11) is -3.61. The van der Waals surface area contributed by atoms with Crippen molar-refractivity contribution >= 4 is 32.4 Å². The Bertz CT molecular complexity index is 1090. The number of hydrogen-bond donors (Lipinski definition) is 1. The van der Waals surface area contributed by atoms with E-state index in [4.69, 9.17) is 0 Å². The summed E-state index contributed by atoms with van der Waals surface area (Å²) in [5, 5.41) is 12.1. The number of benzene rings is 2. The molecule has 1 amide bonds. The van der Waals surface area contributed by atoms with Crippen LogP contribution in [0.3, 0.4) is 0 Å². The number of nitrogens with one attached hydrogen (secondary N) is 1. The molecule has 0 unspecified atom stereocenters. The molecule has 0 bridgehead atoms. The van der Waals surface area contributed by atoms with E-state index in [9.17, 15) is 13.2 Å². The van der Waals surface area contributed by atoms with E-state index in [1.54, 1.807) is 30.3 Å². The molecule has 29 heavy (non-hydrogen) atoms. The number of sulfonamides is 1. The van der Waals surface area contributed by atoms with Gasteiger partial charge in [0, 0.05) is 18.7 Å². The molecular weight excluding hydrogens is 408 g/mol. The van der Waals surface area contributed by atoms with Gasteiger partial charge in [-0.2, -0.15) is 4.31 Å². The van der Waals surface area contributed by atoms with E-state index in [0.29, 0.717) is 24.5 Å². The molecule has 1 N–H and O–H groups in total. The number of aromatic nitrogens is 2. The van der Waals surface area contributed by atoms with Crippen molar-refractivity contribution in [2.75, 3.05) is 18.4 Å². The first-order chi connectivity index (χ1) is 14.0. The minimum atomic E-state index is -3.61. The highest BCUT2D eigenvalue weighted by Crippen LogP contribution is 2.28. The van der Waals surface area contributed by atoms with Crippen molar-refractivity contribution in [3.63, 3.8) is 0 Å². The van der Waals surface area contributed by atoms with Crippen LogP contribution in [0.2, 0.25) is 0 Å². The van der Waals surface area contributed by atoms with E-state index in [1.807, 2.05) is 30.3 Å². The van der Waals surface area contributed by atoms with Crippen LogP contribution in [0.25, 0.3) is 10.6 Å².